The summed E-state index contributed by atoms with van der Waals surface area (Å²) in [4.78, 5) is 11.7. The van der Waals surface area contributed by atoms with E-state index in [1.807, 2.05) is 31.2 Å². The number of ether oxygens (including phenoxy) is 1. The number of nitrogens with zero attached hydrogens (tertiary/aromatic N) is 3. The molecule has 1 heterocycles. The molecule has 6 nitrogen and oxygen atoms in total. The van der Waals surface area contributed by atoms with E-state index in [1.54, 1.807) is 7.11 Å². The number of rotatable bonds is 4. The van der Waals surface area contributed by atoms with Gasteiger partial charge in [0.15, 0.2) is 0 Å². The van der Waals surface area contributed by atoms with Crippen LogP contribution in [0.3, 0.4) is 0 Å². The van der Waals surface area contributed by atoms with E-state index in [-0.39, 0.29) is 12.0 Å². The number of benzene rings is 1. The van der Waals surface area contributed by atoms with Crippen molar-refractivity contribution in [3.8, 4) is 5.75 Å². The van der Waals surface area contributed by atoms with E-state index in [2.05, 4.69) is 20.3 Å². The van der Waals surface area contributed by atoms with Gasteiger partial charge >= 0.3 is 0 Å². The summed E-state index contributed by atoms with van der Waals surface area (Å²) >= 11 is 0. The Morgan fingerprint density at radius 2 is 2.06 bits per heavy atom. The molecule has 0 saturated carbocycles. The normalized spacial score (nSPS) is 11.9. The zero-order chi connectivity index (χ0) is 13.0. The first kappa shape index (κ1) is 12.1. The molecule has 2 aromatic rings. The van der Waals surface area contributed by atoms with E-state index in [0.717, 1.165) is 11.3 Å². The number of para-hydroxylation sites is 1. The molecule has 0 aliphatic heterocycles. The maximum atomic E-state index is 5.50. The van der Waals surface area contributed by atoms with Gasteiger partial charge in [-0.1, -0.05) is 18.2 Å². The maximum absolute atomic E-state index is 5.50. The molecule has 94 valence electrons. The van der Waals surface area contributed by atoms with Gasteiger partial charge in [0.2, 0.25) is 11.9 Å². The molecule has 0 saturated heterocycles. The van der Waals surface area contributed by atoms with Gasteiger partial charge in [-0.2, -0.15) is 4.98 Å². The lowest BCUT2D eigenvalue weighted by molar-refractivity contribution is 0.408. The van der Waals surface area contributed by atoms with Gasteiger partial charge in [0.05, 0.1) is 13.2 Å². The van der Waals surface area contributed by atoms with Gasteiger partial charge in [-0.15, -0.1) is 0 Å². The van der Waals surface area contributed by atoms with Crippen LogP contribution in [0.25, 0.3) is 0 Å². The van der Waals surface area contributed by atoms with Crippen LogP contribution in [0.2, 0.25) is 0 Å². The number of nitrogens with two attached hydrogens (primary N) is 1. The Morgan fingerprint density at radius 1 is 1.28 bits per heavy atom. The van der Waals surface area contributed by atoms with E-state index in [4.69, 9.17) is 10.5 Å². The van der Waals surface area contributed by atoms with Crippen LogP contribution in [0.5, 0.6) is 5.75 Å². The van der Waals surface area contributed by atoms with E-state index in [1.165, 1.54) is 6.33 Å². The average molecular weight is 245 g/mol. The highest BCUT2D eigenvalue weighted by Crippen LogP contribution is 2.26. The topological polar surface area (TPSA) is 86.0 Å². The van der Waals surface area contributed by atoms with Crippen molar-refractivity contribution in [1.29, 1.82) is 0 Å². The van der Waals surface area contributed by atoms with Gasteiger partial charge in [-0.05, 0) is 13.0 Å². The summed E-state index contributed by atoms with van der Waals surface area (Å²) in [5, 5.41) is 3.15. The highest BCUT2D eigenvalue weighted by atomic mass is 16.5. The Kier molecular flexibility index (Phi) is 3.57. The Balaban J connectivity index is 2.19. The first-order valence-electron chi connectivity index (χ1n) is 5.54. The molecule has 3 N–H and O–H groups in total. The molecule has 0 bridgehead atoms. The van der Waals surface area contributed by atoms with Crippen LogP contribution in [0, 0.1) is 0 Å². The molecule has 0 aliphatic carbocycles. The lowest BCUT2D eigenvalue weighted by Crippen LogP contribution is -2.11. The minimum Gasteiger partial charge on any atom is -0.496 e. The van der Waals surface area contributed by atoms with Crippen LogP contribution in [-0.2, 0) is 0 Å². The van der Waals surface area contributed by atoms with Gasteiger partial charge in [-0.25, -0.2) is 9.97 Å². The fraction of sp³-hybridized carbons (Fsp3) is 0.250. The molecule has 6 heteroatoms. The van der Waals surface area contributed by atoms with Crippen molar-refractivity contribution in [1.82, 2.24) is 15.0 Å². The predicted octanol–water partition coefficient (Wildman–Crippen LogP) is 1.64. The van der Waals surface area contributed by atoms with Crippen LogP contribution in [0.1, 0.15) is 18.5 Å². The van der Waals surface area contributed by atoms with Gasteiger partial charge in [0, 0.05) is 5.56 Å². The third-order valence-electron chi connectivity index (χ3n) is 2.54. The molecule has 1 aromatic carbocycles. The van der Waals surface area contributed by atoms with Crippen LogP contribution >= 0.6 is 0 Å². The van der Waals surface area contributed by atoms with Crippen molar-refractivity contribution in [3.05, 3.63) is 36.2 Å². The monoisotopic (exact) mass is 245 g/mol. The standard InChI is InChI=1S/C12H15N5O/c1-8(9-5-3-4-6-10(9)18-2)16-12-15-7-14-11(13)17-12/h3-8H,1-2H3,(H3,13,14,15,16,17). The van der Waals surface area contributed by atoms with Crippen molar-refractivity contribution < 1.29 is 4.74 Å². The van der Waals surface area contributed by atoms with Gasteiger partial charge in [0.1, 0.15) is 12.1 Å². The average Bonchev–Trinajstić information content (AvgIpc) is 2.38. The van der Waals surface area contributed by atoms with Crippen molar-refractivity contribution in [2.75, 3.05) is 18.2 Å². The zero-order valence-corrected chi connectivity index (χ0v) is 10.3. The zero-order valence-electron chi connectivity index (χ0n) is 10.3. The van der Waals surface area contributed by atoms with Crippen LogP contribution in [-0.4, -0.2) is 22.1 Å². The Morgan fingerprint density at radius 3 is 2.78 bits per heavy atom. The number of methoxy groups -OCH3 is 1. The van der Waals surface area contributed by atoms with Crippen LogP contribution in [0.4, 0.5) is 11.9 Å². The SMILES string of the molecule is COc1ccccc1C(C)Nc1ncnc(N)n1. The summed E-state index contributed by atoms with van der Waals surface area (Å²) in [5.41, 5.74) is 6.53. The molecule has 18 heavy (non-hydrogen) atoms. The van der Waals surface area contributed by atoms with Crippen molar-refractivity contribution >= 4 is 11.9 Å². The second-order valence-corrected chi connectivity index (χ2v) is 3.78. The minimum atomic E-state index is 0.00273. The molecule has 0 aliphatic rings. The predicted molar refractivity (Wildman–Crippen MR) is 69.3 cm³/mol. The van der Waals surface area contributed by atoms with E-state index in [0.29, 0.717) is 5.95 Å². The number of hydrogen-bond donors (Lipinski definition) is 2. The van der Waals surface area contributed by atoms with E-state index >= 15 is 0 Å². The quantitative estimate of drug-likeness (QED) is 0.851. The lowest BCUT2D eigenvalue weighted by Gasteiger charge is -2.16. The summed E-state index contributed by atoms with van der Waals surface area (Å²) in [5.74, 6) is 1.46. The van der Waals surface area contributed by atoms with Crippen LogP contribution < -0.4 is 15.8 Å². The highest BCUT2D eigenvalue weighted by Gasteiger charge is 2.11. The van der Waals surface area contributed by atoms with Gasteiger partial charge < -0.3 is 15.8 Å². The molecule has 1 aromatic heterocycles. The fourth-order valence-corrected chi connectivity index (χ4v) is 1.67. The summed E-state index contributed by atoms with van der Waals surface area (Å²) in [6.07, 6.45) is 1.37. The maximum Gasteiger partial charge on any atom is 0.227 e. The van der Waals surface area contributed by atoms with Crippen molar-refractivity contribution in [3.63, 3.8) is 0 Å². The molecular formula is C12H15N5O. The fourth-order valence-electron chi connectivity index (χ4n) is 1.67. The number of nitrogen functional groups attached to an aromatic ring is 1. The van der Waals surface area contributed by atoms with Crippen molar-refractivity contribution in [2.24, 2.45) is 0 Å². The molecule has 0 amide bonds. The summed E-state index contributed by atoms with van der Waals surface area (Å²) in [6, 6.07) is 7.78. The molecule has 0 spiro atoms. The number of aromatic nitrogens is 3. The lowest BCUT2D eigenvalue weighted by atomic mass is 10.1. The summed E-state index contributed by atoms with van der Waals surface area (Å²) < 4.78 is 5.31. The second-order valence-electron chi connectivity index (χ2n) is 3.78. The molecule has 0 fully saturated rings. The minimum absolute atomic E-state index is 0.00273. The Bertz CT molecular complexity index is 531. The highest BCUT2D eigenvalue weighted by molar-refractivity contribution is 5.40. The molecule has 1 unspecified atom stereocenters. The van der Waals surface area contributed by atoms with Gasteiger partial charge in [0.25, 0.3) is 0 Å². The number of hydrogen-bond acceptors (Lipinski definition) is 6. The van der Waals surface area contributed by atoms with Gasteiger partial charge in [-0.3, -0.25) is 0 Å². The summed E-state index contributed by atoms with van der Waals surface area (Å²) in [6.45, 7) is 2.00. The second kappa shape index (κ2) is 5.31. The number of anilines is 2. The largest absolute Gasteiger partial charge is 0.496 e. The van der Waals surface area contributed by atoms with E-state index < -0.39 is 0 Å². The molecule has 1 atom stereocenters. The molecular weight excluding hydrogens is 230 g/mol. The third kappa shape index (κ3) is 2.65. The first-order valence-corrected chi connectivity index (χ1v) is 5.54. The van der Waals surface area contributed by atoms with E-state index in [9.17, 15) is 0 Å². The Hall–Kier alpha value is -2.37. The van der Waals surface area contributed by atoms with Crippen LogP contribution in [0.15, 0.2) is 30.6 Å². The molecule has 0 radical (unpaired) electrons. The Labute approximate surface area is 105 Å². The molecule has 2 rings (SSSR count). The summed E-state index contributed by atoms with van der Waals surface area (Å²) in [7, 11) is 1.65. The first-order chi connectivity index (χ1) is 8.70. The third-order valence-corrected chi connectivity index (χ3v) is 2.54. The van der Waals surface area contributed by atoms with Crippen molar-refractivity contribution in [2.45, 2.75) is 13.0 Å². The number of nitrogens with one attached hydrogen (secondary N) is 1. The smallest absolute Gasteiger partial charge is 0.227 e.